The molecule has 0 atom stereocenters. The third-order valence-electron chi connectivity index (χ3n) is 14.8. The third-order valence-corrected chi connectivity index (χ3v) is 14.8. The Morgan fingerprint density at radius 2 is 0.649 bits per heavy atom. The molecule has 5 heteroatoms. The Balaban J connectivity index is 1.13. The lowest BCUT2D eigenvalue weighted by molar-refractivity contribution is 1.17. The van der Waals surface area contributed by atoms with E-state index in [-0.39, 0.29) is 101 Å². The highest BCUT2D eigenvalue weighted by Gasteiger charge is 2.45. The van der Waals surface area contributed by atoms with Crippen molar-refractivity contribution in [3.8, 4) is 44.8 Å². The van der Waals surface area contributed by atoms with Crippen LogP contribution < -0.4 is 26.2 Å². The molecule has 14 aromatic rings. The van der Waals surface area contributed by atoms with E-state index < -0.39 is 103 Å². The topological polar surface area (TPSA) is 16.3 Å². The van der Waals surface area contributed by atoms with E-state index in [1.807, 2.05) is 161 Å². The standard InChI is InChI=1S/C72H47BN4/c1-4-22-48(23-5-1)51-44-70-72-71(45-51)77(63-35-17-11-29-55(63)50-26-8-3-9-27-50)69-47-53(75-66-38-20-14-32-58(66)59-33-15-21-39-67(59)75)41-43-61(69)73(72)60-42-40-52(74-64-36-18-12-30-56(64)57-31-13-19-37-65(57)74)46-68(60)76(70)62-34-16-10-28-54(62)49-24-6-2-7-25-49/h1-47H/i12D,13D,14D,15D,18D,19D,20D,21D,30D,31D,32D,33D,36D,37D,38D,39D,42D,43D,46D,47D. The van der Waals surface area contributed by atoms with Crippen LogP contribution in [-0.4, -0.2) is 15.8 Å². The van der Waals surface area contributed by atoms with Crippen molar-refractivity contribution in [3.05, 3.63) is 285 Å². The molecule has 0 bridgehead atoms. The van der Waals surface area contributed by atoms with Gasteiger partial charge in [0.1, 0.15) is 0 Å². The molecule has 0 aliphatic carbocycles. The molecule has 0 saturated carbocycles. The van der Waals surface area contributed by atoms with Crippen LogP contribution in [0.1, 0.15) is 27.4 Å². The molecular weight excluding hydrogens is 932 g/mol. The first-order chi connectivity index (χ1) is 46.6. The van der Waals surface area contributed by atoms with E-state index in [1.165, 1.54) is 21.3 Å². The largest absolute Gasteiger partial charge is 0.311 e. The second-order valence-corrected chi connectivity index (χ2v) is 18.9. The fourth-order valence-corrected chi connectivity index (χ4v) is 11.6. The van der Waals surface area contributed by atoms with Crippen LogP contribution in [0.4, 0.5) is 34.1 Å². The molecule has 0 spiro atoms. The minimum atomic E-state index is -1.29. The number of rotatable bonds is 7. The van der Waals surface area contributed by atoms with Gasteiger partial charge in [-0.05, 0) is 111 Å². The van der Waals surface area contributed by atoms with Crippen molar-refractivity contribution in [1.29, 1.82) is 0 Å². The number of nitrogens with zero attached hydrogens (tertiary/aromatic N) is 4. The van der Waals surface area contributed by atoms with Crippen molar-refractivity contribution >= 4 is 101 Å². The number of aromatic nitrogens is 2. The molecule has 12 aromatic carbocycles. The van der Waals surface area contributed by atoms with Gasteiger partial charge in [0, 0.05) is 66.8 Å². The van der Waals surface area contributed by atoms with Gasteiger partial charge in [0.2, 0.25) is 0 Å². The smallest absolute Gasteiger partial charge is 0.252 e. The number of para-hydroxylation sites is 6. The molecule has 0 amide bonds. The van der Waals surface area contributed by atoms with E-state index in [0.717, 1.165) is 11.1 Å². The Morgan fingerprint density at radius 1 is 0.299 bits per heavy atom. The molecule has 0 fully saturated rings. The van der Waals surface area contributed by atoms with E-state index in [2.05, 4.69) is 0 Å². The summed E-state index contributed by atoms with van der Waals surface area (Å²) in [7, 11) is 0. The zero-order valence-electron chi connectivity index (χ0n) is 60.5. The SMILES string of the molecule is [2H]c1cc(-n2c3c([2H])c([2H])c([2H])c([2H])c3c3c([2H])c([2H])c([2H])c([2H])c32)c([2H])c2c1B1c3c(cc(-c4ccccc4)cc3N(c3ccccc3-c3ccccc3)c3c([2H])c(-n4c5c([2H])c([2H])c([2H])c([2H])c5c5c([2H])c([2H])c([2H])c([2H])c54)cc([2H])c31)N2c1ccccc1-c1ccccc1. The number of hydrogen-bond donors (Lipinski definition) is 0. The van der Waals surface area contributed by atoms with Gasteiger partial charge in [0.15, 0.2) is 0 Å². The van der Waals surface area contributed by atoms with E-state index in [1.54, 1.807) is 0 Å². The molecule has 16 rings (SSSR count). The summed E-state index contributed by atoms with van der Waals surface area (Å²) in [4.78, 5) is 3.73. The Hall–Kier alpha value is -10.1. The van der Waals surface area contributed by atoms with Crippen LogP contribution in [0.3, 0.4) is 0 Å². The van der Waals surface area contributed by atoms with Gasteiger partial charge in [-0.3, -0.25) is 0 Å². The molecule has 4 nitrogen and oxygen atoms in total. The predicted molar refractivity (Wildman–Crippen MR) is 325 cm³/mol. The molecular formula is C72H47BN4. The van der Waals surface area contributed by atoms with E-state index in [4.69, 9.17) is 11.0 Å². The van der Waals surface area contributed by atoms with Crippen LogP contribution in [0.2, 0.25) is 0 Å². The number of anilines is 6. The summed E-state index contributed by atoms with van der Waals surface area (Å²) in [5.41, 5.74) is 5.18. The highest BCUT2D eigenvalue weighted by atomic mass is 15.2. The van der Waals surface area contributed by atoms with Crippen LogP contribution in [0, 0.1) is 0 Å². The van der Waals surface area contributed by atoms with Gasteiger partial charge in [-0.25, -0.2) is 0 Å². The van der Waals surface area contributed by atoms with Crippen LogP contribution >= 0.6 is 0 Å². The summed E-state index contributed by atoms with van der Waals surface area (Å²) >= 11 is 0. The van der Waals surface area contributed by atoms with Gasteiger partial charge < -0.3 is 18.9 Å². The second kappa shape index (κ2) is 17.2. The monoisotopic (exact) mass is 999 g/mol. The second-order valence-electron chi connectivity index (χ2n) is 18.9. The first-order valence-corrected chi connectivity index (χ1v) is 25.0. The summed E-state index contributed by atoms with van der Waals surface area (Å²) in [6.07, 6.45) is 0. The number of benzene rings is 12. The molecule has 358 valence electrons. The van der Waals surface area contributed by atoms with E-state index >= 15 is 0 Å². The Kier molecular flexibility index (Phi) is 6.27. The third kappa shape index (κ3) is 6.60. The molecule has 2 aliphatic heterocycles. The molecule has 0 unspecified atom stereocenters. The molecule has 2 aromatic heterocycles. The van der Waals surface area contributed by atoms with Crippen molar-refractivity contribution in [2.24, 2.45) is 0 Å². The van der Waals surface area contributed by atoms with Crippen LogP contribution in [0.5, 0.6) is 0 Å². The molecule has 0 N–H and O–H groups in total. The van der Waals surface area contributed by atoms with Crippen molar-refractivity contribution in [2.45, 2.75) is 0 Å². The summed E-state index contributed by atoms with van der Waals surface area (Å²) < 4.78 is 193. The summed E-state index contributed by atoms with van der Waals surface area (Å²) in [6, 6.07) is 38.4. The van der Waals surface area contributed by atoms with Crippen LogP contribution in [0.25, 0.3) is 88.4 Å². The van der Waals surface area contributed by atoms with Crippen molar-refractivity contribution < 1.29 is 27.4 Å². The lowest BCUT2D eigenvalue weighted by atomic mass is 9.33. The van der Waals surface area contributed by atoms with Crippen LogP contribution in [-0.2, 0) is 0 Å². The first kappa shape index (κ1) is 28.0. The van der Waals surface area contributed by atoms with E-state index in [0.29, 0.717) is 50.5 Å². The maximum atomic E-state index is 11.1. The average Bonchev–Trinajstić information content (AvgIpc) is 1.50. The van der Waals surface area contributed by atoms with Gasteiger partial charge in [-0.1, -0.05) is 212 Å². The van der Waals surface area contributed by atoms with Crippen molar-refractivity contribution in [2.75, 3.05) is 9.80 Å². The summed E-state index contributed by atoms with van der Waals surface area (Å²) in [6.45, 7) is -1.29. The fourth-order valence-electron chi connectivity index (χ4n) is 11.6. The Labute approximate surface area is 475 Å². The number of hydrogen-bond acceptors (Lipinski definition) is 2. The minimum Gasteiger partial charge on any atom is -0.311 e. The van der Waals surface area contributed by atoms with Gasteiger partial charge in [0.25, 0.3) is 6.71 Å². The zero-order valence-corrected chi connectivity index (χ0v) is 40.5. The zero-order chi connectivity index (χ0) is 68.0. The normalized spacial score (nSPS) is 16.2. The van der Waals surface area contributed by atoms with Gasteiger partial charge in [0.05, 0.1) is 60.9 Å². The highest BCUT2D eigenvalue weighted by molar-refractivity contribution is 7.00. The lowest BCUT2D eigenvalue weighted by Gasteiger charge is -2.45. The first-order valence-electron chi connectivity index (χ1n) is 35.0. The molecule has 2 aliphatic rings. The molecule has 4 heterocycles. The lowest BCUT2D eigenvalue weighted by Crippen LogP contribution is -2.61. The maximum absolute atomic E-state index is 11.1. The molecule has 77 heavy (non-hydrogen) atoms. The highest BCUT2D eigenvalue weighted by Crippen LogP contribution is 2.50. The Bertz CT molecular complexity index is 5380. The quantitative estimate of drug-likeness (QED) is 0.148. The minimum absolute atomic E-state index is 0.0182. The van der Waals surface area contributed by atoms with Gasteiger partial charge in [-0.2, -0.15) is 0 Å². The van der Waals surface area contributed by atoms with Gasteiger partial charge >= 0.3 is 0 Å². The fraction of sp³-hybridized carbons (Fsp3) is 0. The van der Waals surface area contributed by atoms with Gasteiger partial charge in [-0.15, -0.1) is 0 Å². The molecule has 0 saturated heterocycles. The predicted octanol–water partition coefficient (Wildman–Crippen LogP) is 17.0. The van der Waals surface area contributed by atoms with E-state index in [9.17, 15) is 16.4 Å². The van der Waals surface area contributed by atoms with Crippen LogP contribution in [0.15, 0.2) is 285 Å². The molecule has 0 radical (unpaired) electrons. The summed E-state index contributed by atoms with van der Waals surface area (Å²) in [5.74, 6) is 0. The maximum Gasteiger partial charge on any atom is 0.252 e. The average molecular weight is 999 g/mol. The number of fused-ring (bicyclic) bond motifs is 10. The Morgan fingerprint density at radius 3 is 1.05 bits per heavy atom. The van der Waals surface area contributed by atoms with Crippen molar-refractivity contribution in [1.82, 2.24) is 9.13 Å². The van der Waals surface area contributed by atoms with Crippen molar-refractivity contribution in [3.63, 3.8) is 0 Å². The summed E-state index contributed by atoms with van der Waals surface area (Å²) in [5, 5.41) is -0.965.